The van der Waals surface area contributed by atoms with Crippen LogP contribution in [0, 0.1) is 0 Å². The molecule has 4 heteroatoms. The molecule has 0 bridgehead atoms. The zero-order valence-electron chi connectivity index (χ0n) is 14.3. The largest absolute Gasteiger partial charge is 0.487 e. The molecule has 0 saturated carbocycles. The molecule has 5 N–H and O–H groups in total. The standard InChI is InChI=1S/C20H25N3O/c1-20(2)11-18(15-9-12(21)7-8-19(15)24-20)23-17-10-16(22)13-5-3-4-6-14(13)17/h3-9,16-18,23H,10-11,21-22H2,1-2H3. The molecule has 0 fully saturated rings. The van der Waals surface area contributed by atoms with Crippen LogP contribution in [0.5, 0.6) is 5.75 Å². The van der Waals surface area contributed by atoms with Crippen molar-refractivity contribution in [3.63, 3.8) is 0 Å². The lowest BCUT2D eigenvalue weighted by Crippen LogP contribution is -2.40. The third-order valence-electron chi connectivity index (χ3n) is 5.15. The topological polar surface area (TPSA) is 73.3 Å². The van der Waals surface area contributed by atoms with Crippen molar-refractivity contribution < 1.29 is 4.74 Å². The average Bonchev–Trinajstić information content (AvgIpc) is 2.84. The number of ether oxygens (including phenoxy) is 1. The predicted octanol–water partition coefficient (Wildman–Crippen LogP) is 3.61. The number of rotatable bonds is 2. The van der Waals surface area contributed by atoms with Crippen LogP contribution in [-0.4, -0.2) is 5.60 Å². The summed E-state index contributed by atoms with van der Waals surface area (Å²) >= 11 is 0. The third kappa shape index (κ3) is 2.66. The van der Waals surface area contributed by atoms with E-state index < -0.39 is 0 Å². The molecule has 2 aromatic carbocycles. The van der Waals surface area contributed by atoms with Crippen LogP contribution in [0.1, 0.15) is 61.5 Å². The van der Waals surface area contributed by atoms with E-state index in [0.29, 0.717) is 0 Å². The number of hydrogen-bond donors (Lipinski definition) is 3. The normalized spacial score (nSPS) is 27.2. The van der Waals surface area contributed by atoms with Crippen molar-refractivity contribution in [2.24, 2.45) is 5.73 Å². The zero-order valence-corrected chi connectivity index (χ0v) is 14.3. The number of anilines is 1. The van der Waals surface area contributed by atoms with E-state index in [4.69, 9.17) is 16.2 Å². The minimum absolute atomic E-state index is 0.104. The smallest absolute Gasteiger partial charge is 0.125 e. The predicted molar refractivity (Wildman–Crippen MR) is 96.8 cm³/mol. The van der Waals surface area contributed by atoms with Crippen LogP contribution >= 0.6 is 0 Å². The Morgan fingerprint density at radius 1 is 1.04 bits per heavy atom. The summed E-state index contributed by atoms with van der Waals surface area (Å²) in [6, 6.07) is 15.0. The van der Waals surface area contributed by atoms with Crippen molar-refractivity contribution in [1.82, 2.24) is 5.32 Å². The first-order valence-electron chi connectivity index (χ1n) is 8.62. The summed E-state index contributed by atoms with van der Waals surface area (Å²) in [5, 5.41) is 3.83. The minimum atomic E-state index is -0.207. The van der Waals surface area contributed by atoms with Crippen LogP contribution < -0.4 is 21.5 Å². The van der Waals surface area contributed by atoms with Gasteiger partial charge in [-0.1, -0.05) is 24.3 Å². The SMILES string of the molecule is CC1(C)CC(NC2CC(N)c3ccccc32)c2cc(N)ccc2O1. The highest BCUT2D eigenvalue weighted by molar-refractivity contribution is 5.50. The quantitative estimate of drug-likeness (QED) is 0.738. The molecule has 0 saturated heterocycles. The molecule has 126 valence electrons. The summed E-state index contributed by atoms with van der Waals surface area (Å²) in [4.78, 5) is 0. The number of hydrogen-bond acceptors (Lipinski definition) is 4. The summed E-state index contributed by atoms with van der Waals surface area (Å²) < 4.78 is 6.14. The Bertz CT molecular complexity index is 771. The second kappa shape index (κ2) is 5.50. The lowest BCUT2D eigenvalue weighted by atomic mass is 9.88. The van der Waals surface area contributed by atoms with Crippen molar-refractivity contribution in [3.05, 3.63) is 59.2 Å². The summed E-state index contributed by atoms with van der Waals surface area (Å²) in [5.41, 5.74) is 16.6. The van der Waals surface area contributed by atoms with Crippen LogP contribution in [0.2, 0.25) is 0 Å². The molecule has 4 nitrogen and oxygen atoms in total. The molecule has 0 spiro atoms. The van der Waals surface area contributed by atoms with Gasteiger partial charge in [0.2, 0.25) is 0 Å². The Morgan fingerprint density at radius 2 is 1.79 bits per heavy atom. The Labute approximate surface area is 143 Å². The Morgan fingerprint density at radius 3 is 2.58 bits per heavy atom. The van der Waals surface area contributed by atoms with Gasteiger partial charge in [0, 0.05) is 35.8 Å². The van der Waals surface area contributed by atoms with Crippen LogP contribution in [-0.2, 0) is 0 Å². The number of benzene rings is 2. The number of fused-ring (bicyclic) bond motifs is 2. The Hall–Kier alpha value is -2.04. The van der Waals surface area contributed by atoms with Gasteiger partial charge in [0.25, 0.3) is 0 Å². The molecule has 0 aromatic heterocycles. The molecule has 1 aliphatic heterocycles. The van der Waals surface area contributed by atoms with E-state index >= 15 is 0 Å². The molecule has 1 heterocycles. The summed E-state index contributed by atoms with van der Waals surface area (Å²) in [5.74, 6) is 0.925. The molecular formula is C20H25N3O. The lowest BCUT2D eigenvalue weighted by molar-refractivity contribution is 0.0635. The second-order valence-corrected chi connectivity index (χ2v) is 7.61. The average molecular weight is 323 g/mol. The third-order valence-corrected chi connectivity index (χ3v) is 5.15. The monoisotopic (exact) mass is 323 g/mol. The molecule has 3 unspecified atom stereocenters. The molecule has 0 amide bonds. The van der Waals surface area contributed by atoms with Gasteiger partial charge in [-0.2, -0.15) is 0 Å². The van der Waals surface area contributed by atoms with E-state index in [1.165, 1.54) is 11.1 Å². The van der Waals surface area contributed by atoms with E-state index in [0.717, 1.165) is 29.8 Å². The minimum Gasteiger partial charge on any atom is -0.487 e. The summed E-state index contributed by atoms with van der Waals surface area (Å²) in [6.07, 6.45) is 1.83. The molecule has 3 atom stereocenters. The van der Waals surface area contributed by atoms with Gasteiger partial charge >= 0.3 is 0 Å². The van der Waals surface area contributed by atoms with Gasteiger partial charge in [-0.15, -0.1) is 0 Å². The van der Waals surface area contributed by atoms with Crippen molar-refractivity contribution in [2.75, 3.05) is 5.73 Å². The molecule has 4 rings (SSSR count). The Balaban J connectivity index is 1.67. The van der Waals surface area contributed by atoms with E-state index in [1.807, 2.05) is 18.2 Å². The van der Waals surface area contributed by atoms with Crippen molar-refractivity contribution in [2.45, 2.75) is 50.4 Å². The Kier molecular flexibility index (Phi) is 3.55. The van der Waals surface area contributed by atoms with Crippen LogP contribution in [0.3, 0.4) is 0 Å². The summed E-state index contributed by atoms with van der Waals surface area (Å²) in [7, 11) is 0. The maximum atomic E-state index is 6.33. The molecular weight excluding hydrogens is 298 g/mol. The molecule has 0 radical (unpaired) electrons. The number of nitrogen functional groups attached to an aromatic ring is 1. The van der Waals surface area contributed by atoms with Gasteiger partial charge < -0.3 is 21.5 Å². The van der Waals surface area contributed by atoms with Gasteiger partial charge in [-0.05, 0) is 49.6 Å². The fourth-order valence-electron chi connectivity index (χ4n) is 4.10. The number of nitrogens with two attached hydrogens (primary N) is 2. The van der Waals surface area contributed by atoms with Gasteiger partial charge in [-0.3, -0.25) is 0 Å². The van der Waals surface area contributed by atoms with Gasteiger partial charge in [0.1, 0.15) is 11.4 Å². The second-order valence-electron chi connectivity index (χ2n) is 7.61. The first kappa shape index (κ1) is 15.5. The van der Waals surface area contributed by atoms with Gasteiger partial charge in [0.05, 0.1) is 0 Å². The first-order valence-corrected chi connectivity index (χ1v) is 8.62. The first-order chi connectivity index (χ1) is 11.4. The van der Waals surface area contributed by atoms with E-state index in [1.54, 1.807) is 0 Å². The number of nitrogens with one attached hydrogen (secondary N) is 1. The molecule has 1 aliphatic carbocycles. The zero-order chi connectivity index (χ0) is 16.9. The highest BCUT2D eigenvalue weighted by atomic mass is 16.5. The maximum absolute atomic E-state index is 6.33. The molecule has 2 aromatic rings. The highest BCUT2D eigenvalue weighted by Crippen LogP contribution is 2.44. The van der Waals surface area contributed by atoms with Crippen molar-refractivity contribution in [3.8, 4) is 5.75 Å². The van der Waals surface area contributed by atoms with Gasteiger partial charge in [-0.25, -0.2) is 0 Å². The molecule has 24 heavy (non-hydrogen) atoms. The van der Waals surface area contributed by atoms with Crippen LogP contribution in [0.15, 0.2) is 42.5 Å². The van der Waals surface area contributed by atoms with Crippen LogP contribution in [0.25, 0.3) is 0 Å². The fourth-order valence-corrected chi connectivity index (χ4v) is 4.10. The maximum Gasteiger partial charge on any atom is 0.125 e. The van der Waals surface area contributed by atoms with Gasteiger partial charge in [0.15, 0.2) is 0 Å². The highest BCUT2D eigenvalue weighted by Gasteiger charge is 2.37. The summed E-state index contributed by atoms with van der Waals surface area (Å²) in [6.45, 7) is 4.27. The van der Waals surface area contributed by atoms with Crippen molar-refractivity contribution in [1.29, 1.82) is 0 Å². The fraction of sp³-hybridized carbons (Fsp3) is 0.400. The lowest BCUT2D eigenvalue weighted by Gasteiger charge is -2.39. The van der Waals surface area contributed by atoms with Crippen molar-refractivity contribution >= 4 is 5.69 Å². The van der Waals surface area contributed by atoms with E-state index in [-0.39, 0.29) is 23.7 Å². The van der Waals surface area contributed by atoms with Crippen LogP contribution in [0.4, 0.5) is 5.69 Å². The molecule has 2 aliphatic rings. The van der Waals surface area contributed by atoms with E-state index in [9.17, 15) is 0 Å². The van der Waals surface area contributed by atoms with E-state index in [2.05, 4.69) is 43.4 Å².